The molecule has 0 unspecified atom stereocenters. The Morgan fingerprint density at radius 1 is 1.23 bits per heavy atom. The first-order chi connectivity index (χ1) is 14.5. The molecule has 0 bridgehead atoms. The van der Waals surface area contributed by atoms with Crippen LogP contribution in [0.4, 0.5) is 0 Å². The second kappa shape index (κ2) is 8.23. The van der Waals surface area contributed by atoms with Gasteiger partial charge in [0.1, 0.15) is 0 Å². The summed E-state index contributed by atoms with van der Waals surface area (Å²) in [6, 6.07) is 7.42. The second-order valence-electron chi connectivity index (χ2n) is 7.18. The zero-order valence-corrected chi connectivity index (χ0v) is 16.8. The molecule has 2 aliphatic rings. The van der Waals surface area contributed by atoms with Gasteiger partial charge in [0.25, 0.3) is 5.91 Å². The summed E-state index contributed by atoms with van der Waals surface area (Å²) in [4.78, 5) is 27.6. The molecular formula is C22H23NO7. The highest BCUT2D eigenvalue weighted by atomic mass is 16.5. The van der Waals surface area contributed by atoms with Gasteiger partial charge in [0.15, 0.2) is 23.0 Å². The van der Waals surface area contributed by atoms with Crippen molar-refractivity contribution in [2.75, 3.05) is 27.4 Å². The quantitative estimate of drug-likeness (QED) is 0.697. The SMILES string of the molecule is COc1ccc([C@H]2C(C(=O)c3ccco3)=C(O)C(=O)N2C[C@@H]2CCCO2)cc1OC. The van der Waals surface area contributed by atoms with E-state index in [1.54, 1.807) is 24.3 Å². The van der Waals surface area contributed by atoms with E-state index in [0.717, 1.165) is 12.8 Å². The first-order valence-corrected chi connectivity index (χ1v) is 9.71. The number of Topliss-reactive ketones (excluding diaryl/α,β-unsaturated/α-hetero) is 1. The van der Waals surface area contributed by atoms with E-state index in [0.29, 0.717) is 23.7 Å². The Hall–Kier alpha value is -3.26. The molecule has 158 valence electrons. The van der Waals surface area contributed by atoms with Gasteiger partial charge in [-0.1, -0.05) is 6.07 Å². The number of furan rings is 1. The number of hydrogen-bond donors (Lipinski definition) is 1. The topological polar surface area (TPSA) is 98.4 Å². The largest absolute Gasteiger partial charge is 0.503 e. The van der Waals surface area contributed by atoms with E-state index in [4.69, 9.17) is 18.6 Å². The fourth-order valence-electron chi connectivity index (χ4n) is 3.99. The lowest BCUT2D eigenvalue weighted by Crippen LogP contribution is -2.37. The minimum atomic E-state index is -0.806. The van der Waals surface area contributed by atoms with Crippen molar-refractivity contribution in [1.82, 2.24) is 4.90 Å². The number of hydrogen-bond acceptors (Lipinski definition) is 7. The monoisotopic (exact) mass is 413 g/mol. The van der Waals surface area contributed by atoms with Crippen molar-refractivity contribution in [2.24, 2.45) is 0 Å². The molecule has 30 heavy (non-hydrogen) atoms. The van der Waals surface area contributed by atoms with Crippen molar-refractivity contribution < 1.29 is 33.3 Å². The van der Waals surface area contributed by atoms with Gasteiger partial charge < -0.3 is 28.6 Å². The van der Waals surface area contributed by atoms with Crippen LogP contribution in [0, 0.1) is 0 Å². The molecule has 0 aliphatic carbocycles. The Morgan fingerprint density at radius 2 is 2.03 bits per heavy atom. The van der Waals surface area contributed by atoms with E-state index < -0.39 is 23.5 Å². The number of amides is 1. The molecule has 1 fully saturated rings. The maximum Gasteiger partial charge on any atom is 0.290 e. The third-order valence-electron chi connectivity index (χ3n) is 5.44. The standard InChI is InChI=1S/C22H23NO7/c1-27-15-8-7-13(11-17(15)28-2)19-18(20(24)16-6-4-10-30-16)21(25)22(26)23(19)12-14-5-3-9-29-14/h4,6-8,10-11,14,19,25H,3,5,9,12H2,1-2H3/t14-,19-/m0/s1. The van der Waals surface area contributed by atoms with Gasteiger partial charge in [-0.15, -0.1) is 0 Å². The molecule has 1 aromatic heterocycles. The maximum atomic E-state index is 13.1. The van der Waals surface area contributed by atoms with Crippen molar-refractivity contribution in [2.45, 2.75) is 25.0 Å². The highest BCUT2D eigenvalue weighted by molar-refractivity contribution is 6.15. The molecule has 3 heterocycles. The summed E-state index contributed by atoms with van der Waals surface area (Å²) in [5.74, 6) is -0.706. The third-order valence-corrected chi connectivity index (χ3v) is 5.44. The van der Waals surface area contributed by atoms with Crippen LogP contribution in [0.25, 0.3) is 0 Å². The zero-order chi connectivity index (χ0) is 21.3. The molecule has 4 rings (SSSR count). The van der Waals surface area contributed by atoms with Gasteiger partial charge in [-0.05, 0) is 42.7 Å². The second-order valence-corrected chi connectivity index (χ2v) is 7.18. The molecule has 0 saturated carbocycles. The van der Waals surface area contributed by atoms with E-state index in [9.17, 15) is 14.7 Å². The summed E-state index contributed by atoms with van der Waals surface area (Å²) in [7, 11) is 3.03. The number of carbonyl (C=O) groups excluding carboxylic acids is 2. The minimum absolute atomic E-state index is 0.0276. The first-order valence-electron chi connectivity index (χ1n) is 9.71. The van der Waals surface area contributed by atoms with Crippen LogP contribution < -0.4 is 9.47 Å². The van der Waals surface area contributed by atoms with Crippen LogP contribution in [0.5, 0.6) is 11.5 Å². The first kappa shape index (κ1) is 20.0. The zero-order valence-electron chi connectivity index (χ0n) is 16.8. The van der Waals surface area contributed by atoms with Crippen LogP contribution in [0.2, 0.25) is 0 Å². The van der Waals surface area contributed by atoms with Crippen LogP contribution in [0.1, 0.15) is 35.0 Å². The molecule has 1 saturated heterocycles. The highest BCUT2D eigenvalue weighted by Crippen LogP contribution is 2.42. The van der Waals surface area contributed by atoms with Gasteiger partial charge in [-0.2, -0.15) is 0 Å². The van der Waals surface area contributed by atoms with E-state index in [1.807, 2.05) is 0 Å². The van der Waals surface area contributed by atoms with E-state index in [1.165, 1.54) is 31.4 Å². The number of benzene rings is 1. The van der Waals surface area contributed by atoms with Crippen LogP contribution in [-0.4, -0.2) is 55.2 Å². The average Bonchev–Trinajstić information content (AvgIpc) is 3.52. The van der Waals surface area contributed by atoms with Crippen molar-refractivity contribution >= 4 is 11.7 Å². The lowest BCUT2D eigenvalue weighted by molar-refractivity contribution is -0.131. The fraction of sp³-hybridized carbons (Fsp3) is 0.364. The van der Waals surface area contributed by atoms with Crippen LogP contribution >= 0.6 is 0 Å². The Kier molecular flexibility index (Phi) is 5.50. The number of aliphatic hydroxyl groups is 1. The molecule has 2 aromatic rings. The van der Waals surface area contributed by atoms with Crippen LogP contribution in [-0.2, 0) is 9.53 Å². The molecule has 2 aliphatic heterocycles. The highest BCUT2D eigenvalue weighted by Gasteiger charge is 2.45. The molecule has 8 nitrogen and oxygen atoms in total. The summed E-state index contributed by atoms with van der Waals surface area (Å²) < 4.78 is 21.6. The number of ketones is 1. The Morgan fingerprint density at radius 3 is 2.67 bits per heavy atom. The normalized spacial score (nSPS) is 21.4. The summed E-state index contributed by atoms with van der Waals surface area (Å²) in [6.45, 7) is 0.891. The van der Waals surface area contributed by atoms with Crippen LogP contribution in [0.15, 0.2) is 52.3 Å². The summed E-state index contributed by atoms with van der Waals surface area (Å²) >= 11 is 0. The lowest BCUT2D eigenvalue weighted by atomic mass is 9.94. The van der Waals surface area contributed by atoms with Crippen LogP contribution in [0.3, 0.4) is 0 Å². The number of ether oxygens (including phenoxy) is 3. The number of nitrogens with zero attached hydrogens (tertiary/aromatic N) is 1. The molecule has 1 amide bonds. The van der Waals surface area contributed by atoms with Crippen molar-refractivity contribution in [3.8, 4) is 11.5 Å². The van der Waals surface area contributed by atoms with Gasteiger partial charge in [-0.3, -0.25) is 9.59 Å². The minimum Gasteiger partial charge on any atom is -0.503 e. The number of carbonyl (C=O) groups is 2. The van der Waals surface area contributed by atoms with E-state index >= 15 is 0 Å². The predicted molar refractivity (Wildman–Crippen MR) is 106 cm³/mol. The summed E-state index contributed by atoms with van der Waals surface area (Å²) in [5, 5.41) is 10.7. The third kappa shape index (κ3) is 3.43. The summed E-state index contributed by atoms with van der Waals surface area (Å²) in [5.41, 5.74) is 0.582. The molecule has 8 heteroatoms. The molecule has 1 N–H and O–H groups in total. The van der Waals surface area contributed by atoms with Crippen molar-refractivity contribution in [1.29, 1.82) is 0 Å². The van der Waals surface area contributed by atoms with Gasteiger partial charge in [0, 0.05) is 13.2 Å². The lowest BCUT2D eigenvalue weighted by Gasteiger charge is -2.29. The van der Waals surface area contributed by atoms with Gasteiger partial charge in [0.05, 0.1) is 38.2 Å². The smallest absolute Gasteiger partial charge is 0.290 e. The van der Waals surface area contributed by atoms with Crippen molar-refractivity contribution in [3.63, 3.8) is 0 Å². The maximum absolute atomic E-state index is 13.1. The average molecular weight is 413 g/mol. The van der Waals surface area contributed by atoms with Gasteiger partial charge in [-0.25, -0.2) is 0 Å². The molecular weight excluding hydrogens is 390 g/mol. The fourth-order valence-corrected chi connectivity index (χ4v) is 3.99. The number of rotatable bonds is 7. The Labute approximate surface area is 173 Å². The molecule has 0 spiro atoms. The predicted octanol–water partition coefficient (Wildman–Crippen LogP) is 3.05. The molecule has 1 aromatic carbocycles. The van der Waals surface area contributed by atoms with Gasteiger partial charge in [0.2, 0.25) is 5.78 Å². The number of methoxy groups -OCH3 is 2. The van der Waals surface area contributed by atoms with E-state index in [-0.39, 0.29) is 24.0 Å². The number of aliphatic hydroxyl groups excluding tert-OH is 1. The van der Waals surface area contributed by atoms with Gasteiger partial charge >= 0.3 is 0 Å². The Bertz CT molecular complexity index is 973. The van der Waals surface area contributed by atoms with E-state index in [2.05, 4.69) is 0 Å². The Balaban J connectivity index is 1.79. The molecule has 2 atom stereocenters. The van der Waals surface area contributed by atoms with Crippen molar-refractivity contribution in [3.05, 3.63) is 59.3 Å². The molecule has 0 radical (unpaired) electrons. The summed E-state index contributed by atoms with van der Waals surface area (Å²) in [6.07, 6.45) is 2.94.